The van der Waals surface area contributed by atoms with Crippen molar-refractivity contribution in [2.24, 2.45) is 0 Å². The third-order valence-corrected chi connectivity index (χ3v) is 5.76. The van der Waals surface area contributed by atoms with Gasteiger partial charge in [0.1, 0.15) is 11.6 Å². The minimum Gasteiger partial charge on any atom is -0.422 e. The first-order chi connectivity index (χ1) is 13.2. The second-order valence-corrected chi connectivity index (χ2v) is 8.78. The van der Waals surface area contributed by atoms with Crippen LogP contribution in [0.3, 0.4) is 0 Å². The van der Waals surface area contributed by atoms with E-state index < -0.39 is 32.5 Å². The fourth-order valence-corrected chi connectivity index (χ4v) is 3.80. The van der Waals surface area contributed by atoms with Gasteiger partial charge in [-0.15, -0.1) is 0 Å². The quantitative estimate of drug-likeness (QED) is 0.305. The molecule has 0 bridgehead atoms. The molecule has 0 saturated carbocycles. The van der Waals surface area contributed by atoms with Crippen LogP contribution in [-0.4, -0.2) is 24.4 Å². The van der Waals surface area contributed by atoms with Gasteiger partial charge >= 0.3 is 5.97 Å². The molecule has 0 atom stereocenters. The van der Waals surface area contributed by atoms with Crippen LogP contribution in [0, 0.1) is 5.82 Å². The highest BCUT2D eigenvalue weighted by atomic mass is 79.9. The molecule has 0 aliphatic heterocycles. The Morgan fingerprint density at radius 1 is 1.11 bits per heavy atom. The number of rotatable bonds is 5. The third-order valence-electron chi connectivity index (χ3n) is 3.49. The fraction of sp³-hybridized carbons (Fsp3) is 0.0556. The summed E-state index contributed by atoms with van der Waals surface area (Å²) >= 11 is 9.20. The van der Waals surface area contributed by atoms with E-state index in [9.17, 15) is 17.6 Å². The molecule has 28 heavy (non-hydrogen) atoms. The molecule has 0 aliphatic carbocycles. The molecule has 0 fully saturated rings. The highest BCUT2D eigenvalue weighted by Crippen LogP contribution is 2.21. The molecule has 10 heteroatoms. The van der Waals surface area contributed by atoms with E-state index in [1.807, 2.05) is 0 Å². The van der Waals surface area contributed by atoms with E-state index in [0.717, 1.165) is 22.8 Å². The molecule has 3 aromatic rings. The summed E-state index contributed by atoms with van der Waals surface area (Å²) in [7, 11) is -3.99. The first-order valence-corrected chi connectivity index (χ1v) is 10.5. The Kier molecular flexibility index (Phi) is 6.07. The third kappa shape index (κ3) is 4.92. The molecular formula is C18H11BrClFN2O4S. The number of esters is 1. The van der Waals surface area contributed by atoms with Gasteiger partial charge in [-0.25, -0.2) is 27.6 Å². The molecule has 0 N–H and O–H groups in total. The Balaban J connectivity index is 1.86. The fourth-order valence-electron chi connectivity index (χ4n) is 2.17. The number of carbonyl (C=O) groups excluding carboxylic acids is 1. The zero-order valence-corrected chi connectivity index (χ0v) is 17.1. The number of hydrogen-bond donors (Lipinski definition) is 0. The predicted octanol–water partition coefficient (Wildman–Crippen LogP) is 4.22. The minimum atomic E-state index is -3.99. The number of nitrogens with zero attached hydrogens (tertiary/aromatic N) is 2. The standard InChI is InChI=1S/C18H11BrClFN2O4S/c19-12-3-7-14(8-4-12)27-17(24)16-15(20)9-22-18(23-16)28(25,26)10-11-1-5-13(21)6-2-11/h1-9H,10H2. The van der Waals surface area contributed by atoms with Crippen molar-refractivity contribution in [2.75, 3.05) is 0 Å². The van der Waals surface area contributed by atoms with Crippen molar-refractivity contribution in [1.29, 1.82) is 0 Å². The molecular weight excluding hydrogens is 475 g/mol. The summed E-state index contributed by atoms with van der Waals surface area (Å²) < 4.78 is 44.0. The maximum Gasteiger partial charge on any atom is 0.364 e. The monoisotopic (exact) mass is 484 g/mol. The number of sulfone groups is 1. The summed E-state index contributed by atoms with van der Waals surface area (Å²) in [6, 6.07) is 11.4. The summed E-state index contributed by atoms with van der Waals surface area (Å²) in [5.41, 5.74) is -0.0313. The van der Waals surface area contributed by atoms with Crippen LogP contribution >= 0.6 is 27.5 Å². The van der Waals surface area contributed by atoms with E-state index in [0.29, 0.717) is 5.56 Å². The van der Waals surface area contributed by atoms with Crippen molar-refractivity contribution in [3.63, 3.8) is 0 Å². The maximum atomic E-state index is 13.0. The van der Waals surface area contributed by atoms with Gasteiger partial charge in [0.25, 0.3) is 0 Å². The molecule has 144 valence electrons. The molecule has 0 aliphatic rings. The molecule has 2 aromatic carbocycles. The summed E-state index contributed by atoms with van der Waals surface area (Å²) in [6.07, 6.45) is 1.02. The van der Waals surface area contributed by atoms with E-state index in [1.165, 1.54) is 12.1 Å². The predicted molar refractivity (Wildman–Crippen MR) is 103 cm³/mol. The topological polar surface area (TPSA) is 86.2 Å². The normalized spacial score (nSPS) is 11.2. The summed E-state index contributed by atoms with van der Waals surface area (Å²) in [5, 5.41) is -0.730. The number of carbonyl (C=O) groups is 1. The van der Waals surface area contributed by atoms with Crippen molar-refractivity contribution >= 4 is 43.3 Å². The first kappa shape index (κ1) is 20.4. The highest BCUT2D eigenvalue weighted by Gasteiger charge is 2.24. The zero-order valence-electron chi connectivity index (χ0n) is 14.0. The van der Waals surface area contributed by atoms with E-state index in [2.05, 4.69) is 25.9 Å². The van der Waals surface area contributed by atoms with Gasteiger partial charge in [0.2, 0.25) is 15.0 Å². The lowest BCUT2D eigenvalue weighted by Crippen LogP contribution is -2.16. The maximum absolute atomic E-state index is 13.0. The molecule has 0 saturated heterocycles. The second kappa shape index (κ2) is 8.34. The Morgan fingerprint density at radius 2 is 1.75 bits per heavy atom. The molecule has 1 heterocycles. The van der Waals surface area contributed by atoms with Gasteiger partial charge in [-0.1, -0.05) is 39.7 Å². The Morgan fingerprint density at radius 3 is 2.39 bits per heavy atom. The summed E-state index contributed by atoms with van der Waals surface area (Å²) in [5.74, 6) is -1.63. The Bertz CT molecular complexity index is 1120. The van der Waals surface area contributed by atoms with E-state index in [1.54, 1.807) is 24.3 Å². The summed E-state index contributed by atoms with van der Waals surface area (Å²) in [6.45, 7) is 0. The molecule has 0 amide bonds. The highest BCUT2D eigenvalue weighted by molar-refractivity contribution is 9.10. The Labute approximate surface area is 173 Å². The van der Waals surface area contributed by atoms with Crippen LogP contribution < -0.4 is 4.74 Å². The van der Waals surface area contributed by atoms with Crippen molar-refractivity contribution in [1.82, 2.24) is 9.97 Å². The number of halogens is 3. The zero-order chi connectivity index (χ0) is 20.3. The average Bonchev–Trinajstić information content (AvgIpc) is 2.65. The molecule has 3 rings (SSSR count). The molecule has 0 radical (unpaired) electrons. The van der Waals surface area contributed by atoms with Gasteiger partial charge < -0.3 is 4.74 Å². The van der Waals surface area contributed by atoms with Crippen molar-refractivity contribution in [3.05, 3.63) is 81.3 Å². The first-order valence-electron chi connectivity index (χ1n) is 7.72. The van der Waals surface area contributed by atoms with Crippen LogP contribution in [-0.2, 0) is 15.6 Å². The second-order valence-electron chi connectivity index (χ2n) is 5.58. The van der Waals surface area contributed by atoms with E-state index in [-0.39, 0.29) is 16.5 Å². The number of ether oxygens (including phenoxy) is 1. The molecule has 6 nitrogen and oxygen atoms in total. The minimum absolute atomic E-state index is 0.150. The lowest BCUT2D eigenvalue weighted by Gasteiger charge is -2.08. The van der Waals surface area contributed by atoms with Crippen LogP contribution in [0.15, 0.2) is 64.4 Å². The lowest BCUT2D eigenvalue weighted by atomic mass is 10.2. The molecule has 0 unspecified atom stereocenters. The lowest BCUT2D eigenvalue weighted by molar-refractivity contribution is 0.0727. The molecule has 0 spiro atoms. The van der Waals surface area contributed by atoms with Gasteiger partial charge in [0, 0.05) is 4.47 Å². The van der Waals surface area contributed by atoms with Crippen LogP contribution in [0.25, 0.3) is 0 Å². The number of benzene rings is 2. The van der Waals surface area contributed by atoms with E-state index in [4.69, 9.17) is 16.3 Å². The molecule has 1 aromatic heterocycles. The van der Waals surface area contributed by atoms with Gasteiger partial charge in [-0.2, -0.15) is 0 Å². The van der Waals surface area contributed by atoms with Crippen molar-refractivity contribution in [3.8, 4) is 5.75 Å². The van der Waals surface area contributed by atoms with Gasteiger partial charge in [-0.05, 0) is 42.0 Å². The van der Waals surface area contributed by atoms with Gasteiger partial charge in [-0.3, -0.25) is 0 Å². The van der Waals surface area contributed by atoms with Crippen molar-refractivity contribution in [2.45, 2.75) is 10.9 Å². The van der Waals surface area contributed by atoms with E-state index >= 15 is 0 Å². The van der Waals surface area contributed by atoms with Gasteiger partial charge in [0.05, 0.1) is 17.0 Å². The van der Waals surface area contributed by atoms with Crippen LogP contribution in [0.4, 0.5) is 4.39 Å². The SMILES string of the molecule is O=C(Oc1ccc(Br)cc1)c1nc(S(=O)(=O)Cc2ccc(F)cc2)ncc1Cl. The van der Waals surface area contributed by atoms with Crippen LogP contribution in [0.5, 0.6) is 5.75 Å². The van der Waals surface area contributed by atoms with Crippen molar-refractivity contribution < 1.29 is 22.3 Å². The smallest absolute Gasteiger partial charge is 0.364 e. The number of hydrogen-bond acceptors (Lipinski definition) is 6. The summed E-state index contributed by atoms with van der Waals surface area (Å²) in [4.78, 5) is 19.8. The van der Waals surface area contributed by atoms with Crippen LogP contribution in [0.2, 0.25) is 5.02 Å². The number of aromatic nitrogens is 2. The Hall–Kier alpha value is -2.36. The van der Waals surface area contributed by atoms with Crippen LogP contribution in [0.1, 0.15) is 16.1 Å². The van der Waals surface area contributed by atoms with Gasteiger partial charge in [0.15, 0.2) is 5.69 Å². The average molecular weight is 486 g/mol. The largest absolute Gasteiger partial charge is 0.422 e.